The highest BCUT2D eigenvalue weighted by Gasteiger charge is 2.34. The lowest BCUT2D eigenvalue weighted by molar-refractivity contribution is -0.137. The number of nitrogens with two attached hydrogens (primary N) is 1. The van der Waals surface area contributed by atoms with E-state index in [9.17, 15) is 18.3 Å². The maximum absolute atomic E-state index is 13.2. The molecule has 8 nitrogen and oxygen atoms in total. The number of rotatable bonds is 6. The van der Waals surface area contributed by atoms with Crippen molar-refractivity contribution in [2.24, 2.45) is 0 Å². The lowest BCUT2D eigenvalue weighted by Crippen LogP contribution is -2.44. The zero-order valence-corrected chi connectivity index (χ0v) is 18.7. The molecule has 1 fully saturated rings. The Bertz CT molecular complexity index is 1330. The Balaban J connectivity index is 1.33. The molecule has 0 spiro atoms. The standard InChI is InChI=1S/C24H24F3N7O/c25-24(26,27)19-10-16(12-30-22(19)28)15-6-7-21-31-20(14-33(21)13-15)32-23(35)34-9-3-5-18(34)11-17-4-1-2-8-29-17/h1-2,4,6-8,10,12-14,18,23,32,35H,3,5,9,11H2,(H2,28,30). The molecule has 1 saturated heterocycles. The lowest BCUT2D eigenvalue weighted by Gasteiger charge is -2.29. The van der Waals surface area contributed by atoms with Gasteiger partial charge in [0.1, 0.15) is 17.3 Å². The highest BCUT2D eigenvalue weighted by molar-refractivity contribution is 5.67. The molecule has 4 aromatic rings. The molecule has 5 heterocycles. The molecule has 182 valence electrons. The molecule has 5 rings (SSSR count). The number of nitrogen functional groups attached to an aromatic ring is 1. The topological polar surface area (TPSA) is 105 Å². The molecule has 0 saturated carbocycles. The van der Waals surface area contributed by atoms with Crippen LogP contribution in [0.2, 0.25) is 0 Å². The second-order valence-electron chi connectivity index (χ2n) is 8.54. The number of aliphatic hydroxyl groups is 1. The fourth-order valence-corrected chi connectivity index (χ4v) is 4.47. The van der Waals surface area contributed by atoms with Crippen LogP contribution in [0, 0.1) is 0 Å². The molecule has 0 aromatic carbocycles. The third kappa shape index (κ3) is 4.91. The van der Waals surface area contributed by atoms with E-state index in [2.05, 4.69) is 20.3 Å². The van der Waals surface area contributed by atoms with Crippen LogP contribution in [0.1, 0.15) is 24.1 Å². The van der Waals surface area contributed by atoms with E-state index in [0.29, 0.717) is 17.0 Å². The summed E-state index contributed by atoms with van der Waals surface area (Å²) in [7, 11) is 0. The predicted molar refractivity (Wildman–Crippen MR) is 125 cm³/mol. The van der Waals surface area contributed by atoms with Crippen LogP contribution in [-0.2, 0) is 12.6 Å². The minimum atomic E-state index is -4.59. The van der Waals surface area contributed by atoms with Gasteiger partial charge in [0.25, 0.3) is 0 Å². The number of aliphatic hydroxyl groups excluding tert-OH is 1. The van der Waals surface area contributed by atoms with Crippen LogP contribution in [0.5, 0.6) is 0 Å². The molecule has 0 aliphatic carbocycles. The third-order valence-corrected chi connectivity index (χ3v) is 6.19. The summed E-state index contributed by atoms with van der Waals surface area (Å²) in [6.07, 6.45) is 3.55. The van der Waals surface area contributed by atoms with E-state index in [-0.39, 0.29) is 11.6 Å². The number of nitrogens with one attached hydrogen (secondary N) is 1. The van der Waals surface area contributed by atoms with Gasteiger partial charge in [-0.25, -0.2) is 9.97 Å². The molecule has 35 heavy (non-hydrogen) atoms. The van der Waals surface area contributed by atoms with Crippen molar-refractivity contribution in [2.75, 3.05) is 17.6 Å². The van der Waals surface area contributed by atoms with Crippen LogP contribution in [0.15, 0.2) is 61.2 Å². The second-order valence-corrected chi connectivity index (χ2v) is 8.54. The highest BCUT2D eigenvalue weighted by atomic mass is 19.4. The van der Waals surface area contributed by atoms with Crippen LogP contribution in [0.3, 0.4) is 0 Å². The molecule has 2 unspecified atom stereocenters. The number of hydrogen-bond donors (Lipinski definition) is 3. The molecule has 0 amide bonds. The zero-order valence-electron chi connectivity index (χ0n) is 18.7. The fraction of sp³-hybridized carbons (Fsp3) is 0.292. The Labute approximate surface area is 199 Å². The van der Waals surface area contributed by atoms with Crippen LogP contribution in [-0.4, -0.2) is 48.3 Å². The second kappa shape index (κ2) is 9.16. The summed E-state index contributed by atoms with van der Waals surface area (Å²) in [5, 5.41) is 13.9. The number of anilines is 2. The maximum atomic E-state index is 13.2. The van der Waals surface area contributed by atoms with Crippen molar-refractivity contribution in [2.45, 2.75) is 37.8 Å². The van der Waals surface area contributed by atoms with Gasteiger partial charge in [-0.15, -0.1) is 0 Å². The first-order chi connectivity index (χ1) is 16.8. The Kier molecular flexibility index (Phi) is 6.03. The Morgan fingerprint density at radius 3 is 2.77 bits per heavy atom. The Morgan fingerprint density at radius 2 is 2.00 bits per heavy atom. The number of aromatic nitrogens is 4. The number of likely N-dealkylation sites (tertiary alicyclic amines) is 1. The summed E-state index contributed by atoms with van der Waals surface area (Å²) in [6.45, 7) is 0.745. The number of imidazole rings is 1. The van der Waals surface area contributed by atoms with Gasteiger partial charge in [0.2, 0.25) is 0 Å². The summed E-state index contributed by atoms with van der Waals surface area (Å²) >= 11 is 0. The normalized spacial score (nSPS) is 17.7. The van der Waals surface area contributed by atoms with Gasteiger partial charge in [0.15, 0.2) is 6.35 Å². The lowest BCUT2D eigenvalue weighted by atomic mass is 10.1. The molecule has 1 aliphatic rings. The van der Waals surface area contributed by atoms with Gasteiger partial charge < -0.3 is 20.6 Å². The smallest absolute Gasteiger partial charge is 0.383 e. The van der Waals surface area contributed by atoms with Crippen LogP contribution < -0.4 is 11.1 Å². The van der Waals surface area contributed by atoms with Crippen molar-refractivity contribution < 1.29 is 18.3 Å². The minimum Gasteiger partial charge on any atom is -0.383 e. The van der Waals surface area contributed by atoms with Crippen molar-refractivity contribution >= 4 is 17.3 Å². The van der Waals surface area contributed by atoms with Gasteiger partial charge in [0, 0.05) is 54.4 Å². The predicted octanol–water partition coefficient (Wildman–Crippen LogP) is 3.79. The number of fused-ring (bicyclic) bond motifs is 1. The summed E-state index contributed by atoms with van der Waals surface area (Å²) < 4.78 is 41.4. The maximum Gasteiger partial charge on any atom is 0.419 e. The summed E-state index contributed by atoms with van der Waals surface area (Å²) in [5.41, 5.74) is 6.80. The van der Waals surface area contributed by atoms with Crippen molar-refractivity contribution in [3.05, 3.63) is 72.4 Å². The molecule has 0 radical (unpaired) electrons. The van der Waals surface area contributed by atoms with E-state index >= 15 is 0 Å². The van der Waals surface area contributed by atoms with E-state index in [1.807, 2.05) is 23.1 Å². The Morgan fingerprint density at radius 1 is 1.14 bits per heavy atom. The quantitative estimate of drug-likeness (QED) is 0.359. The molecule has 4 N–H and O–H groups in total. The van der Waals surface area contributed by atoms with Gasteiger partial charge in [0.05, 0.1) is 11.8 Å². The van der Waals surface area contributed by atoms with Gasteiger partial charge >= 0.3 is 6.18 Å². The minimum absolute atomic E-state index is 0.150. The first-order valence-corrected chi connectivity index (χ1v) is 11.2. The molecule has 0 bridgehead atoms. The van der Waals surface area contributed by atoms with Gasteiger partial charge in [-0.2, -0.15) is 13.2 Å². The molecule has 11 heteroatoms. The summed E-state index contributed by atoms with van der Waals surface area (Å²) in [4.78, 5) is 14.6. The van der Waals surface area contributed by atoms with Crippen LogP contribution >= 0.6 is 0 Å². The first-order valence-electron chi connectivity index (χ1n) is 11.2. The van der Waals surface area contributed by atoms with Gasteiger partial charge in [-0.1, -0.05) is 6.07 Å². The zero-order chi connectivity index (χ0) is 24.6. The fourth-order valence-electron chi connectivity index (χ4n) is 4.47. The molecule has 4 aromatic heterocycles. The van der Waals surface area contributed by atoms with Gasteiger partial charge in [-0.05, 0) is 43.2 Å². The van der Waals surface area contributed by atoms with Crippen molar-refractivity contribution in [1.82, 2.24) is 24.3 Å². The van der Waals surface area contributed by atoms with E-state index < -0.39 is 23.9 Å². The number of hydrogen-bond acceptors (Lipinski definition) is 7. The number of halogens is 3. The van der Waals surface area contributed by atoms with Crippen molar-refractivity contribution in [3.63, 3.8) is 0 Å². The first kappa shape index (κ1) is 23.1. The molecular weight excluding hydrogens is 459 g/mol. The Hall–Kier alpha value is -3.70. The SMILES string of the molecule is Nc1ncc(-c2ccc3nc(NC(O)N4CCCC4Cc4ccccn4)cn3c2)cc1C(F)(F)F. The number of pyridine rings is 3. The van der Waals surface area contributed by atoms with E-state index in [4.69, 9.17) is 5.73 Å². The van der Waals surface area contributed by atoms with Crippen LogP contribution in [0.4, 0.5) is 24.8 Å². The average molecular weight is 483 g/mol. The monoisotopic (exact) mass is 483 g/mol. The third-order valence-electron chi connectivity index (χ3n) is 6.19. The number of nitrogens with zero attached hydrogens (tertiary/aromatic N) is 5. The molecule has 1 aliphatic heterocycles. The van der Waals surface area contributed by atoms with E-state index in [1.165, 1.54) is 6.20 Å². The van der Waals surface area contributed by atoms with Crippen LogP contribution in [0.25, 0.3) is 16.8 Å². The molecular formula is C24H24F3N7O. The largest absolute Gasteiger partial charge is 0.419 e. The van der Waals surface area contributed by atoms with E-state index in [0.717, 1.165) is 37.6 Å². The number of alkyl halides is 3. The average Bonchev–Trinajstić information content (AvgIpc) is 3.45. The van der Waals surface area contributed by atoms with E-state index in [1.54, 1.807) is 35.1 Å². The summed E-state index contributed by atoms with van der Waals surface area (Å²) in [5.74, 6) is -0.113. The van der Waals surface area contributed by atoms with Gasteiger partial charge in [-0.3, -0.25) is 9.88 Å². The highest BCUT2D eigenvalue weighted by Crippen LogP contribution is 2.35. The summed E-state index contributed by atoms with van der Waals surface area (Å²) in [6, 6.07) is 10.3. The van der Waals surface area contributed by atoms with Crippen molar-refractivity contribution in [1.29, 1.82) is 0 Å². The molecule has 2 atom stereocenters. The van der Waals surface area contributed by atoms with Crippen molar-refractivity contribution in [3.8, 4) is 11.1 Å².